The molecule has 1 N–H and O–H groups in total. The van der Waals surface area contributed by atoms with Crippen molar-refractivity contribution in [3.05, 3.63) is 29.8 Å². The standard InChI is InChI=1S/C20H34N2O2/c1-8-22(15(2)3)13-12-21-19(23)16(4)24-18-11-9-10-17(14-18)20(5,6)7/h9-11,14-16H,8,12-13H2,1-7H3,(H,21,23). The van der Waals surface area contributed by atoms with E-state index in [9.17, 15) is 4.79 Å². The number of hydrogen-bond donors (Lipinski definition) is 1. The van der Waals surface area contributed by atoms with Crippen LogP contribution in [0, 0.1) is 0 Å². The van der Waals surface area contributed by atoms with E-state index in [4.69, 9.17) is 4.74 Å². The molecule has 136 valence electrons. The second-order valence-electron chi connectivity index (χ2n) is 7.55. The first kappa shape index (κ1) is 20.5. The van der Waals surface area contributed by atoms with Crippen LogP contribution in [0.4, 0.5) is 0 Å². The van der Waals surface area contributed by atoms with Crippen molar-refractivity contribution in [1.29, 1.82) is 0 Å². The number of benzene rings is 1. The van der Waals surface area contributed by atoms with Gasteiger partial charge >= 0.3 is 0 Å². The van der Waals surface area contributed by atoms with E-state index in [1.807, 2.05) is 18.2 Å². The number of carbonyl (C=O) groups is 1. The van der Waals surface area contributed by atoms with Gasteiger partial charge in [-0.05, 0) is 50.4 Å². The first-order valence-electron chi connectivity index (χ1n) is 8.94. The van der Waals surface area contributed by atoms with E-state index in [1.165, 1.54) is 5.56 Å². The highest BCUT2D eigenvalue weighted by atomic mass is 16.5. The Hall–Kier alpha value is -1.55. The number of ether oxygens (including phenoxy) is 1. The third-order valence-electron chi connectivity index (χ3n) is 4.22. The molecule has 1 aromatic rings. The molecule has 0 aliphatic heterocycles. The SMILES string of the molecule is CCN(CCNC(=O)C(C)Oc1cccc(C(C)(C)C)c1)C(C)C. The normalized spacial score (nSPS) is 13.2. The van der Waals surface area contributed by atoms with Crippen molar-refractivity contribution in [2.24, 2.45) is 0 Å². The number of likely N-dealkylation sites (N-methyl/N-ethyl adjacent to an activating group) is 1. The Kier molecular flexibility index (Phi) is 7.74. The molecular weight excluding hydrogens is 300 g/mol. The van der Waals surface area contributed by atoms with Gasteiger partial charge in [0.05, 0.1) is 0 Å². The molecule has 24 heavy (non-hydrogen) atoms. The summed E-state index contributed by atoms with van der Waals surface area (Å²) in [5, 5.41) is 2.96. The second kappa shape index (κ2) is 9.07. The summed E-state index contributed by atoms with van der Waals surface area (Å²) in [5.41, 5.74) is 1.26. The van der Waals surface area contributed by atoms with Crippen molar-refractivity contribution in [3.63, 3.8) is 0 Å². The molecule has 1 aromatic carbocycles. The van der Waals surface area contributed by atoms with Gasteiger partial charge in [0, 0.05) is 19.1 Å². The topological polar surface area (TPSA) is 41.6 Å². The largest absolute Gasteiger partial charge is 0.481 e. The molecular formula is C20H34N2O2. The zero-order chi connectivity index (χ0) is 18.3. The zero-order valence-corrected chi connectivity index (χ0v) is 16.3. The minimum Gasteiger partial charge on any atom is -0.481 e. The second-order valence-corrected chi connectivity index (χ2v) is 7.55. The van der Waals surface area contributed by atoms with Crippen LogP contribution in [0.25, 0.3) is 0 Å². The fourth-order valence-corrected chi connectivity index (χ4v) is 2.54. The molecule has 0 bridgehead atoms. The van der Waals surface area contributed by atoms with Gasteiger partial charge in [0.15, 0.2) is 6.10 Å². The number of carbonyl (C=O) groups excluding carboxylic acids is 1. The molecule has 1 rings (SSSR count). The average molecular weight is 335 g/mol. The molecule has 0 saturated carbocycles. The lowest BCUT2D eigenvalue weighted by molar-refractivity contribution is -0.127. The van der Waals surface area contributed by atoms with E-state index in [0.29, 0.717) is 12.6 Å². The molecule has 1 amide bonds. The molecule has 0 aromatic heterocycles. The van der Waals surface area contributed by atoms with Crippen LogP contribution in [0.2, 0.25) is 0 Å². The van der Waals surface area contributed by atoms with Gasteiger partial charge in [0.2, 0.25) is 0 Å². The third-order valence-corrected chi connectivity index (χ3v) is 4.22. The van der Waals surface area contributed by atoms with Crippen LogP contribution >= 0.6 is 0 Å². The van der Waals surface area contributed by atoms with Crippen LogP contribution in [-0.2, 0) is 10.2 Å². The van der Waals surface area contributed by atoms with Crippen LogP contribution in [0.1, 0.15) is 54.0 Å². The van der Waals surface area contributed by atoms with Crippen molar-refractivity contribution in [3.8, 4) is 5.75 Å². The van der Waals surface area contributed by atoms with E-state index in [1.54, 1.807) is 6.92 Å². The Balaban J connectivity index is 2.53. The first-order valence-corrected chi connectivity index (χ1v) is 8.94. The van der Waals surface area contributed by atoms with Crippen LogP contribution in [0.15, 0.2) is 24.3 Å². The van der Waals surface area contributed by atoms with Gasteiger partial charge in [0.1, 0.15) is 5.75 Å². The summed E-state index contributed by atoms with van der Waals surface area (Å²) < 4.78 is 5.82. The quantitative estimate of drug-likeness (QED) is 0.790. The summed E-state index contributed by atoms with van der Waals surface area (Å²) in [6.07, 6.45) is -0.505. The van der Waals surface area contributed by atoms with E-state index in [2.05, 4.69) is 57.8 Å². The lowest BCUT2D eigenvalue weighted by Crippen LogP contribution is -2.42. The summed E-state index contributed by atoms with van der Waals surface area (Å²) in [6, 6.07) is 8.46. The number of nitrogens with zero attached hydrogens (tertiary/aromatic N) is 1. The molecule has 0 radical (unpaired) electrons. The predicted molar refractivity (Wildman–Crippen MR) is 101 cm³/mol. The zero-order valence-electron chi connectivity index (χ0n) is 16.3. The van der Waals surface area contributed by atoms with Gasteiger partial charge in [0.25, 0.3) is 5.91 Å². The van der Waals surface area contributed by atoms with Gasteiger partial charge in [-0.15, -0.1) is 0 Å². The molecule has 0 fully saturated rings. The Morgan fingerprint density at radius 2 is 1.92 bits per heavy atom. The number of hydrogen-bond acceptors (Lipinski definition) is 3. The third kappa shape index (κ3) is 6.52. The summed E-state index contributed by atoms with van der Waals surface area (Å²) in [5.74, 6) is 0.665. The lowest BCUT2D eigenvalue weighted by atomic mass is 9.87. The highest BCUT2D eigenvalue weighted by Gasteiger charge is 2.17. The van der Waals surface area contributed by atoms with Crippen LogP contribution in [0.3, 0.4) is 0 Å². The van der Waals surface area contributed by atoms with Crippen molar-refractivity contribution < 1.29 is 9.53 Å². The molecule has 0 aliphatic carbocycles. The Morgan fingerprint density at radius 1 is 1.25 bits per heavy atom. The van der Waals surface area contributed by atoms with E-state index in [-0.39, 0.29) is 11.3 Å². The maximum atomic E-state index is 12.2. The van der Waals surface area contributed by atoms with E-state index < -0.39 is 6.10 Å². The lowest BCUT2D eigenvalue weighted by Gasteiger charge is -2.25. The predicted octanol–water partition coefficient (Wildman–Crippen LogP) is 3.60. The van der Waals surface area contributed by atoms with Crippen LogP contribution in [0.5, 0.6) is 5.75 Å². The first-order chi connectivity index (χ1) is 11.1. The Bertz CT molecular complexity index is 521. The minimum absolute atomic E-state index is 0.0608. The fraction of sp³-hybridized carbons (Fsp3) is 0.650. The number of rotatable bonds is 8. The molecule has 1 unspecified atom stereocenters. The maximum Gasteiger partial charge on any atom is 0.260 e. The van der Waals surface area contributed by atoms with Crippen molar-refractivity contribution in [2.45, 2.75) is 66.0 Å². The van der Waals surface area contributed by atoms with Crippen LogP contribution in [-0.4, -0.2) is 42.6 Å². The van der Waals surface area contributed by atoms with Crippen molar-refractivity contribution in [2.75, 3.05) is 19.6 Å². The molecule has 4 heteroatoms. The van der Waals surface area contributed by atoms with Crippen molar-refractivity contribution >= 4 is 5.91 Å². The van der Waals surface area contributed by atoms with Gasteiger partial charge in [-0.3, -0.25) is 9.69 Å². The Labute approximate surface area is 147 Å². The van der Waals surface area contributed by atoms with E-state index in [0.717, 1.165) is 18.8 Å². The maximum absolute atomic E-state index is 12.2. The molecule has 0 aliphatic rings. The van der Waals surface area contributed by atoms with Gasteiger partial charge < -0.3 is 10.1 Å². The Morgan fingerprint density at radius 3 is 2.46 bits per heavy atom. The summed E-state index contributed by atoms with van der Waals surface area (Å²) in [6.45, 7) is 17.2. The summed E-state index contributed by atoms with van der Waals surface area (Å²) in [4.78, 5) is 14.5. The number of amides is 1. The summed E-state index contributed by atoms with van der Waals surface area (Å²) >= 11 is 0. The molecule has 0 spiro atoms. The van der Waals surface area contributed by atoms with Gasteiger partial charge in [-0.2, -0.15) is 0 Å². The fourth-order valence-electron chi connectivity index (χ4n) is 2.54. The molecule has 4 nitrogen and oxygen atoms in total. The monoisotopic (exact) mass is 334 g/mol. The van der Waals surface area contributed by atoms with Gasteiger partial charge in [-0.1, -0.05) is 39.8 Å². The summed E-state index contributed by atoms with van der Waals surface area (Å²) in [7, 11) is 0. The highest BCUT2D eigenvalue weighted by molar-refractivity contribution is 5.80. The molecule has 1 atom stereocenters. The number of nitrogens with one attached hydrogen (secondary N) is 1. The highest BCUT2D eigenvalue weighted by Crippen LogP contribution is 2.26. The smallest absolute Gasteiger partial charge is 0.260 e. The van der Waals surface area contributed by atoms with Crippen LogP contribution < -0.4 is 10.1 Å². The van der Waals surface area contributed by atoms with E-state index >= 15 is 0 Å². The molecule has 0 heterocycles. The minimum atomic E-state index is -0.505. The average Bonchev–Trinajstić information content (AvgIpc) is 2.50. The van der Waals surface area contributed by atoms with Crippen molar-refractivity contribution in [1.82, 2.24) is 10.2 Å². The molecule has 0 saturated heterocycles. The van der Waals surface area contributed by atoms with Gasteiger partial charge in [-0.25, -0.2) is 0 Å².